The summed E-state index contributed by atoms with van der Waals surface area (Å²) in [5.74, 6) is 2.29. The normalized spacial score (nSPS) is 12.8. The number of carbonyl (C=O) groups is 1. The Balaban J connectivity index is 1.77. The molecule has 0 bridgehead atoms. The lowest BCUT2D eigenvalue weighted by molar-refractivity contribution is 0.0731. The molecule has 0 aliphatic heterocycles. The average Bonchev–Trinajstić information content (AvgIpc) is 3.01. The van der Waals surface area contributed by atoms with Gasteiger partial charge < -0.3 is 14.2 Å². The number of ether oxygens (including phenoxy) is 3. The van der Waals surface area contributed by atoms with Gasteiger partial charge in [0.15, 0.2) is 0 Å². The average molecular weight is 569 g/mol. The van der Waals surface area contributed by atoms with E-state index in [0.29, 0.717) is 47.9 Å². The number of benzene rings is 4. The van der Waals surface area contributed by atoms with Gasteiger partial charge in [0, 0.05) is 16.2 Å². The van der Waals surface area contributed by atoms with Crippen LogP contribution in [0.2, 0.25) is 0 Å². The van der Waals surface area contributed by atoms with Gasteiger partial charge in [-0.05, 0) is 54.7 Å². The second kappa shape index (κ2) is 15.6. The van der Waals surface area contributed by atoms with Gasteiger partial charge in [-0.1, -0.05) is 121 Å². The molecule has 2 unspecified atom stereocenters. The molecule has 0 amide bonds. The Kier molecular flexibility index (Phi) is 11.7. The standard InChI is InChI=1S/C38H48O4/c1-6-10-17-28(8-3)25-40-35-24-33(38(39)42-34-23-15-20-30-19-12-13-21-31(30)34)37(32-22-14-16-27(5)36(32)35)41-26-29(9-4)18-11-7-2/h12-16,19-24,28-29H,6-11,17-18,25-26H2,1-5H3. The molecule has 0 N–H and O–H groups in total. The smallest absolute Gasteiger partial charge is 0.347 e. The lowest BCUT2D eigenvalue weighted by atomic mass is 9.98. The third-order valence-electron chi connectivity index (χ3n) is 8.48. The van der Waals surface area contributed by atoms with Gasteiger partial charge in [0.1, 0.15) is 22.8 Å². The van der Waals surface area contributed by atoms with Crippen molar-refractivity contribution >= 4 is 27.5 Å². The third kappa shape index (κ3) is 7.65. The fourth-order valence-electron chi connectivity index (χ4n) is 5.66. The van der Waals surface area contributed by atoms with E-state index in [1.165, 1.54) is 19.3 Å². The van der Waals surface area contributed by atoms with Crippen LogP contribution in [0.4, 0.5) is 0 Å². The van der Waals surface area contributed by atoms with Gasteiger partial charge in [-0.2, -0.15) is 0 Å². The van der Waals surface area contributed by atoms with Crippen molar-refractivity contribution in [1.29, 1.82) is 0 Å². The molecule has 4 aromatic rings. The fourth-order valence-corrected chi connectivity index (χ4v) is 5.66. The Morgan fingerprint density at radius 3 is 2.02 bits per heavy atom. The fraction of sp³-hybridized carbons (Fsp3) is 0.447. The molecule has 224 valence electrons. The molecule has 0 aliphatic rings. The minimum Gasteiger partial charge on any atom is -0.493 e. The second-order valence-corrected chi connectivity index (χ2v) is 11.6. The van der Waals surface area contributed by atoms with Crippen molar-refractivity contribution in [3.63, 3.8) is 0 Å². The summed E-state index contributed by atoms with van der Waals surface area (Å²) in [5.41, 5.74) is 1.50. The Morgan fingerprint density at radius 2 is 1.33 bits per heavy atom. The SMILES string of the molecule is CCCCC(CC)COc1c(C(=O)Oc2cccc3ccccc23)cc(OCC(CC)CCCC)c2c(C)cccc12. The number of hydrogen-bond acceptors (Lipinski definition) is 4. The number of aryl methyl sites for hydroxylation is 1. The number of hydrogen-bond donors (Lipinski definition) is 0. The van der Waals surface area contributed by atoms with Crippen molar-refractivity contribution in [2.45, 2.75) is 86.0 Å². The summed E-state index contributed by atoms with van der Waals surface area (Å²) in [5, 5.41) is 3.82. The third-order valence-corrected chi connectivity index (χ3v) is 8.48. The zero-order chi connectivity index (χ0) is 29.9. The molecule has 0 radical (unpaired) electrons. The van der Waals surface area contributed by atoms with E-state index in [4.69, 9.17) is 14.2 Å². The minimum absolute atomic E-state index is 0.406. The Morgan fingerprint density at radius 1 is 0.714 bits per heavy atom. The Hall–Kier alpha value is -3.53. The first-order valence-corrected chi connectivity index (χ1v) is 16.0. The largest absolute Gasteiger partial charge is 0.493 e. The molecule has 0 spiro atoms. The van der Waals surface area contributed by atoms with Crippen LogP contribution in [0, 0.1) is 18.8 Å². The zero-order valence-corrected chi connectivity index (χ0v) is 26.2. The van der Waals surface area contributed by atoms with E-state index in [9.17, 15) is 4.79 Å². The molecule has 0 aromatic heterocycles. The number of esters is 1. The van der Waals surface area contributed by atoms with Crippen LogP contribution in [0.1, 0.15) is 95.0 Å². The van der Waals surface area contributed by atoms with E-state index < -0.39 is 5.97 Å². The van der Waals surface area contributed by atoms with E-state index in [2.05, 4.69) is 40.7 Å². The molecule has 4 heteroatoms. The van der Waals surface area contributed by atoms with Crippen LogP contribution in [0.5, 0.6) is 17.2 Å². The first kappa shape index (κ1) is 31.4. The summed E-state index contributed by atoms with van der Waals surface area (Å²) in [4.78, 5) is 14.0. The molecule has 4 nitrogen and oxygen atoms in total. The summed E-state index contributed by atoms with van der Waals surface area (Å²) < 4.78 is 19.3. The predicted molar refractivity (Wildman–Crippen MR) is 175 cm³/mol. The molecule has 0 fully saturated rings. The molecular weight excluding hydrogens is 520 g/mol. The van der Waals surface area contributed by atoms with E-state index in [-0.39, 0.29) is 0 Å². The number of carbonyl (C=O) groups excluding carboxylic acids is 1. The van der Waals surface area contributed by atoms with Crippen molar-refractivity contribution in [3.8, 4) is 17.2 Å². The first-order valence-electron chi connectivity index (χ1n) is 16.0. The van der Waals surface area contributed by atoms with E-state index in [1.807, 2.05) is 60.7 Å². The molecule has 0 saturated carbocycles. The van der Waals surface area contributed by atoms with Crippen LogP contribution in [0.25, 0.3) is 21.5 Å². The summed E-state index contributed by atoms with van der Waals surface area (Å²) in [7, 11) is 0. The first-order chi connectivity index (χ1) is 20.5. The van der Waals surface area contributed by atoms with Crippen LogP contribution in [-0.4, -0.2) is 19.2 Å². The maximum atomic E-state index is 14.0. The van der Waals surface area contributed by atoms with Crippen molar-refractivity contribution in [2.24, 2.45) is 11.8 Å². The van der Waals surface area contributed by atoms with Crippen molar-refractivity contribution in [3.05, 3.63) is 77.9 Å². The summed E-state index contributed by atoms with van der Waals surface area (Å²) in [6.07, 6.45) is 9.02. The van der Waals surface area contributed by atoms with Crippen LogP contribution >= 0.6 is 0 Å². The predicted octanol–water partition coefficient (Wildman–Crippen LogP) is 10.7. The molecule has 0 heterocycles. The van der Waals surface area contributed by atoms with Gasteiger partial charge in [0.2, 0.25) is 0 Å². The molecule has 4 aromatic carbocycles. The molecule has 4 rings (SSSR count). The monoisotopic (exact) mass is 568 g/mol. The van der Waals surface area contributed by atoms with Crippen LogP contribution in [0.3, 0.4) is 0 Å². The van der Waals surface area contributed by atoms with E-state index in [0.717, 1.165) is 59.2 Å². The van der Waals surface area contributed by atoms with Gasteiger partial charge >= 0.3 is 5.97 Å². The summed E-state index contributed by atoms with van der Waals surface area (Å²) >= 11 is 0. The van der Waals surface area contributed by atoms with Crippen LogP contribution in [0.15, 0.2) is 66.7 Å². The van der Waals surface area contributed by atoms with Gasteiger partial charge in [-0.3, -0.25) is 0 Å². The topological polar surface area (TPSA) is 44.8 Å². The minimum atomic E-state index is -0.436. The number of unbranched alkanes of at least 4 members (excludes halogenated alkanes) is 2. The van der Waals surface area contributed by atoms with E-state index in [1.54, 1.807) is 0 Å². The molecule has 42 heavy (non-hydrogen) atoms. The maximum Gasteiger partial charge on any atom is 0.347 e. The molecule has 0 aliphatic carbocycles. The zero-order valence-electron chi connectivity index (χ0n) is 26.2. The van der Waals surface area contributed by atoms with Gasteiger partial charge in [-0.15, -0.1) is 0 Å². The summed E-state index contributed by atoms with van der Waals surface area (Å²) in [6.45, 7) is 12.1. The quantitative estimate of drug-likeness (QED) is 0.0996. The van der Waals surface area contributed by atoms with E-state index >= 15 is 0 Å². The molecule has 2 atom stereocenters. The highest BCUT2D eigenvalue weighted by atomic mass is 16.5. The second-order valence-electron chi connectivity index (χ2n) is 11.6. The lowest BCUT2D eigenvalue weighted by Gasteiger charge is -2.22. The molecule has 0 saturated heterocycles. The highest BCUT2D eigenvalue weighted by Gasteiger charge is 2.24. The van der Waals surface area contributed by atoms with Crippen LogP contribution < -0.4 is 14.2 Å². The number of rotatable bonds is 16. The maximum absolute atomic E-state index is 14.0. The Bertz CT molecular complexity index is 1450. The van der Waals surface area contributed by atoms with Crippen molar-refractivity contribution < 1.29 is 19.0 Å². The van der Waals surface area contributed by atoms with Gasteiger partial charge in [-0.25, -0.2) is 4.79 Å². The number of fused-ring (bicyclic) bond motifs is 2. The highest BCUT2D eigenvalue weighted by Crippen LogP contribution is 2.40. The van der Waals surface area contributed by atoms with Crippen molar-refractivity contribution in [2.75, 3.05) is 13.2 Å². The van der Waals surface area contributed by atoms with Crippen LogP contribution in [-0.2, 0) is 0 Å². The molecular formula is C38H48O4. The Labute approximate surface area is 252 Å². The summed E-state index contributed by atoms with van der Waals surface area (Å²) in [6, 6.07) is 21.8. The van der Waals surface area contributed by atoms with Gasteiger partial charge in [0.05, 0.1) is 13.2 Å². The lowest BCUT2D eigenvalue weighted by Crippen LogP contribution is -2.17. The highest BCUT2D eigenvalue weighted by molar-refractivity contribution is 6.06. The van der Waals surface area contributed by atoms with Gasteiger partial charge in [0.25, 0.3) is 0 Å². The van der Waals surface area contributed by atoms with Crippen molar-refractivity contribution in [1.82, 2.24) is 0 Å².